The van der Waals surface area contributed by atoms with Crippen molar-refractivity contribution < 1.29 is 28.3 Å². The second kappa shape index (κ2) is 13.1. The molecule has 236 valence electrons. The maximum absolute atomic E-state index is 15.6. The fourth-order valence-corrected chi connectivity index (χ4v) is 6.06. The van der Waals surface area contributed by atoms with Gasteiger partial charge < -0.3 is 25.6 Å². The lowest BCUT2D eigenvalue weighted by Gasteiger charge is -2.33. The number of nitrogens with zero attached hydrogens (tertiary/aromatic N) is 2. The van der Waals surface area contributed by atoms with Crippen molar-refractivity contribution in [3.8, 4) is 28.0 Å². The average Bonchev–Trinajstić information content (AvgIpc) is 3.02. The molecule has 10 nitrogen and oxygen atoms in total. The summed E-state index contributed by atoms with van der Waals surface area (Å²) in [6.07, 6.45) is 1.13. The van der Waals surface area contributed by atoms with Gasteiger partial charge in [-0.3, -0.25) is 19.3 Å². The molecule has 45 heavy (non-hydrogen) atoms. The molecular formula is C34H38FN5O5. The van der Waals surface area contributed by atoms with Crippen LogP contribution in [-0.2, 0) is 20.9 Å². The Morgan fingerprint density at radius 3 is 2.42 bits per heavy atom. The number of halogens is 1. The van der Waals surface area contributed by atoms with Crippen molar-refractivity contribution in [3.63, 3.8) is 0 Å². The molecule has 3 N–H and O–H groups in total. The SMILES string of the molecule is COc1cc(-c2cccc(-c3cccc(NC(=O)C4CN(C)C(=O)N(C)C4=O)c3C)c2C)cc(F)c1CNC1CCNC(=O)C1. The fraction of sp³-hybridized carbons (Fsp3) is 0.353. The first kappa shape index (κ1) is 31.6. The maximum atomic E-state index is 15.6. The van der Waals surface area contributed by atoms with Crippen LogP contribution in [0.3, 0.4) is 0 Å². The van der Waals surface area contributed by atoms with Gasteiger partial charge in [0.05, 0.1) is 7.11 Å². The van der Waals surface area contributed by atoms with Gasteiger partial charge in [0, 0.05) is 57.4 Å². The van der Waals surface area contributed by atoms with Gasteiger partial charge in [-0.05, 0) is 71.8 Å². The number of benzene rings is 3. The molecule has 11 heteroatoms. The zero-order chi connectivity index (χ0) is 32.4. The molecule has 0 spiro atoms. The summed E-state index contributed by atoms with van der Waals surface area (Å²) in [4.78, 5) is 52.0. The van der Waals surface area contributed by atoms with Gasteiger partial charge in [-0.15, -0.1) is 0 Å². The van der Waals surface area contributed by atoms with Gasteiger partial charge in [-0.25, -0.2) is 9.18 Å². The first-order valence-electron chi connectivity index (χ1n) is 14.9. The number of urea groups is 1. The number of carbonyl (C=O) groups excluding carboxylic acids is 4. The predicted molar refractivity (Wildman–Crippen MR) is 169 cm³/mol. The molecule has 2 saturated heterocycles. The second-order valence-corrected chi connectivity index (χ2v) is 11.6. The molecule has 2 unspecified atom stereocenters. The Balaban J connectivity index is 1.40. The molecule has 0 aromatic heterocycles. The van der Waals surface area contributed by atoms with E-state index in [2.05, 4.69) is 16.0 Å². The Morgan fingerprint density at radius 2 is 1.71 bits per heavy atom. The van der Waals surface area contributed by atoms with Crippen molar-refractivity contribution in [2.75, 3.05) is 39.6 Å². The fourth-order valence-electron chi connectivity index (χ4n) is 6.06. The first-order valence-corrected chi connectivity index (χ1v) is 14.9. The van der Waals surface area contributed by atoms with Crippen LogP contribution in [0.1, 0.15) is 29.5 Å². The van der Waals surface area contributed by atoms with E-state index >= 15 is 4.39 Å². The van der Waals surface area contributed by atoms with E-state index in [-0.39, 0.29) is 25.0 Å². The minimum absolute atomic E-state index is 0.000339. The lowest BCUT2D eigenvalue weighted by Crippen LogP contribution is -2.56. The predicted octanol–water partition coefficient (Wildman–Crippen LogP) is 4.23. The van der Waals surface area contributed by atoms with E-state index in [1.165, 1.54) is 25.1 Å². The van der Waals surface area contributed by atoms with Crippen molar-refractivity contribution in [2.24, 2.45) is 5.92 Å². The Hall–Kier alpha value is -4.77. The zero-order valence-electron chi connectivity index (χ0n) is 26.1. The lowest BCUT2D eigenvalue weighted by atomic mass is 9.90. The van der Waals surface area contributed by atoms with Crippen LogP contribution in [0, 0.1) is 25.6 Å². The van der Waals surface area contributed by atoms with Gasteiger partial charge in [-0.2, -0.15) is 0 Å². The van der Waals surface area contributed by atoms with Crippen LogP contribution >= 0.6 is 0 Å². The number of carbonyl (C=O) groups is 4. The number of ether oxygens (including phenoxy) is 1. The summed E-state index contributed by atoms with van der Waals surface area (Å²) in [6.45, 7) is 4.69. The maximum Gasteiger partial charge on any atom is 0.326 e. The van der Waals surface area contributed by atoms with Gasteiger partial charge in [0.15, 0.2) is 0 Å². The summed E-state index contributed by atoms with van der Waals surface area (Å²) in [5.74, 6) is -2.05. The highest BCUT2D eigenvalue weighted by Gasteiger charge is 2.39. The number of rotatable bonds is 8. The highest BCUT2D eigenvalue weighted by Crippen LogP contribution is 2.38. The van der Waals surface area contributed by atoms with Crippen LogP contribution in [0.2, 0.25) is 0 Å². The van der Waals surface area contributed by atoms with Crippen LogP contribution in [-0.4, -0.2) is 73.9 Å². The summed E-state index contributed by atoms with van der Waals surface area (Å²) < 4.78 is 21.2. The molecule has 3 aromatic rings. The molecule has 2 aliphatic heterocycles. The average molecular weight is 616 g/mol. The molecule has 5 amide bonds. The van der Waals surface area contributed by atoms with Gasteiger partial charge in [-0.1, -0.05) is 30.3 Å². The third-order valence-corrected chi connectivity index (χ3v) is 8.73. The van der Waals surface area contributed by atoms with E-state index in [1.807, 2.05) is 50.2 Å². The molecule has 0 saturated carbocycles. The number of amides is 5. The summed E-state index contributed by atoms with van der Waals surface area (Å²) >= 11 is 0. The van der Waals surface area contributed by atoms with Crippen LogP contribution in [0.15, 0.2) is 48.5 Å². The van der Waals surface area contributed by atoms with Gasteiger partial charge >= 0.3 is 6.03 Å². The van der Waals surface area contributed by atoms with E-state index in [0.29, 0.717) is 35.5 Å². The minimum Gasteiger partial charge on any atom is -0.496 e. The van der Waals surface area contributed by atoms with E-state index in [9.17, 15) is 19.2 Å². The van der Waals surface area contributed by atoms with E-state index < -0.39 is 29.6 Å². The van der Waals surface area contributed by atoms with Gasteiger partial charge in [0.2, 0.25) is 17.7 Å². The van der Waals surface area contributed by atoms with Crippen molar-refractivity contribution in [1.82, 2.24) is 20.4 Å². The summed E-state index contributed by atoms with van der Waals surface area (Å²) in [7, 11) is 4.43. The van der Waals surface area contributed by atoms with E-state index in [1.54, 1.807) is 13.1 Å². The molecule has 2 fully saturated rings. The lowest BCUT2D eigenvalue weighted by molar-refractivity contribution is -0.140. The quantitative estimate of drug-likeness (QED) is 0.327. The number of hydrogen-bond donors (Lipinski definition) is 3. The summed E-state index contributed by atoms with van der Waals surface area (Å²) in [5, 5.41) is 8.98. The highest BCUT2D eigenvalue weighted by molar-refractivity contribution is 6.12. The minimum atomic E-state index is -1.02. The number of hydrogen-bond acceptors (Lipinski definition) is 6. The largest absolute Gasteiger partial charge is 0.496 e. The zero-order valence-corrected chi connectivity index (χ0v) is 26.1. The molecule has 2 heterocycles. The first-order chi connectivity index (χ1) is 21.5. The van der Waals surface area contributed by atoms with E-state index in [4.69, 9.17) is 4.74 Å². The number of anilines is 1. The molecule has 0 aliphatic carbocycles. The van der Waals surface area contributed by atoms with E-state index in [0.717, 1.165) is 39.1 Å². The monoisotopic (exact) mass is 615 g/mol. The van der Waals surface area contributed by atoms with Crippen LogP contribution < -0.4 is 20.7 Å². The normalized spacial score (nSPS) is 18.6. The standard InChI is InChI=1S/C34H38FN5O5/c1-19-23(21-14-28(35)26(30(15-21)45-5)17-37-22-12-13-36-31(41)16-22)8-6-9-24(19)25-10-7-11-29(20(25)2)38-32(42)27-18-39(3)34(44)40(4)33(27)43/h6-11,14-15,22,27,37H,12-13,16-18H2,1-5H3,(H,36,41)(H,38,42). The summed E-state index contributed by atoms with van der Waals surface area (Å²) in [6, 6.07) is 14.2. The molecular weight excluding hydrogens is 577 g/mol. The topological polar surface area (TPSA) is 120 Å². The number of piperidine rings is 1. The number of imide groups is 1. The Labute approximate surface area is 261 Å². The van der Waals surface area contributed by atoms with Crippen molar-refractivity contribution in [2.45, 2.75) is 39.3 Å². The van der Waals surface area contributed by atoms with Crippen LogP contribution in [0.4, 0.5) is 14.9 Å². The Bertz CT molecular complexity index is 1670. The van der Waals surface area contributed by atoms with Crippen molar-refractivity contribution in [1.29, 1.82) is 0 Å². The second-order valence-electron chi connectivity index (χ2n) is 11.6. The van der Waals surface area contributed by atoms with Crippen molar-refractivity contribution in [3.05, 3.63) is 71.0 Å². The third kappa shape index (κ3) is 6.39. The smallest absolute Gasteiger partial charge is 0.326 e. The Morgan fingerprint density at radius 1 is 1.02 bits per heavy atom. The summed E-state index contributed by atoms with van der Waals surface area (Å²) in [5.41, 5.74) is 5.92. The molecule has 3 aromatic carbocycles. The number of methoxy groups -OCH3 is 1. The van der Waals surface area contributed by atoms with Crippen molar-refractivity contribution >= 4 is 29.4 Å². The van der Waals surface area contributed by atoms with Crippen LogP contribution in [0.25, 0.3) is 22.3 Å². The molecule has 5 rings (SSSR count). The third-order valence-electron chi connectivity index (χ3n) is 8.73. The molecule has 0 bridgehead atoms. The Kier molecular flexibility index (Phi) is 9.19. The van der Waals surface area contributed by atoms with Crippen LogP contribution in [0.5, 0.6) is 5.75 Å². The van der Waals surface area contributed by atoms with Gasteiger partial charge in [0.1, 0.15) is 17.5 Å². The number of nitrogens with one attached hydrogen (secondary N) is 3. The highest BCUT2D eigenvalue weighted by atomic mass is 19.1. The molecule has 0 radical (unpaired) electrons. The molecule has 2 atom stereocenters. The molecule has 2 aliphatic rings. The van der Waals surface area contributed by atoms with Gasteiger partial charge in [0.25, 0.3) is 0 Å².